The van der Waals surface area contributed by atoms with E-state index in [-0.39, 0.29) is 5.78 Å². The van der Waals surface area contributed by atoms with Gasteiger partial charge >= 0.3 is 0 Å². The van der Waals surface area contributed by atoms with Crippen LogP contribution >= 0.6 is 15.9 Å². The summed E-state index contributed by atoms with van der Waals surface area (Å²) in [4.78, 5) is 25.5. The lowest BCUT2D eigenvalue weighted by Crippen LogP contribution is -2.34. The zero-order valence-corrected chi connectivity index (χ0v) is 12.2. The van der Waals surface area contributed by atoms with Gasteiger partial charge in [0, 0.05) is 11.9 Å². The van der Waals surface area contributed by atoms with Crippen LogP contribution in [0.4, 0.5) is 5.69 Å². The van der Waals surface area contributed by atoms with E-state index in [9.17, 15) is 9.59 Å². The fraction of sp³-hybridized carbons (Fsp3) is 0.429. The molecule has 2 rings (SSSR count). The highest BCUT2D eigenvalue weighted by Gasteiger charge is 2.36. The standard InChI is InChI=1S/C14H16BrNO2/c1-3-10-4-5-12-11(6-10)13(17)14(18)16(12)8-9(2)7-15/h4-6,9H,3,7-8H2,1-2H3. The number of hydrogen-bond acceptors (Lipinski definition) is 2. The predicted octanol–water partition coefficient (Wildman–Crippen LogP) is 2.81. The van der Waals surface area contributed by atoms with Gasteiger partial charge in [0.05, 0.1) is 11.3 Å². The number of carbonyl (C=O) groups excluding carboxylic acids is 2. The lowest BCUT2D eigenvalue weighted by molar-refractivity contribution is -0.114. The van der Waals surface area contributed by atoms with Crippen molar-refractivity contribution in [1.82, 2.24) is 0 Å². The van der Waals surface area contributed by atoms with Crippen LogP contribution in [0.5, 0.6) is 0 Å². The fourth-order valence-electron chi connectivity index (χ4n) is 2.11. The van der Waals surface area contributed by atoms with Crippen LogP contribution in [0.15, 0.2) is 18.2 Å². The third kappa shape index (κ3) is 2.21. The maximum absolute atomic E-state index is 12.0. The lowest BCUT2D eigenvalue weighted by atomic mass is 10.1. The molecule has 0 saturated heterocycles. The molecule has 0 N–H and O–H groups in total. The highest BCUT2D eigenvalue weighted by Crippen LogP contribution is 2.30. The summed E-state index contributed by atoms with van der Waals surface area (Å²) in [5.41, 5.74) is 2.40. The van der Waals surface area contributed by atoms with E-state index < -0.39 is 5.91 Å². The number of benzene rings is 1. The fourth-order valence-corrected chi connectivity index (χ4v) is 2.31. The van der Waals surface area contributed by atoms with E-state index in [4.69, 9.17) is 0 Å². The number of carbonyl (C=O) groups is 2. The van der Waals surface area contributed by atoms with Crippen molar-refractivity contribution in [3.05, 3.63) is 29.3 Å². The second-order valence-corrected chi connectivity index (χ2v) is 5.36. The molecule has 0 fully saturated rings. The second kappa shape index (κ2) is 5.22. The number of hydrogen-bond donors (Lipinski definition) is 0. The van der Waals surface area contributed by atoms with E-state index in [0.717, 1.165) is 23.0 Å². The molecule has 96 valence electrons. The molecule has 1 atom stereocenters. The summed E-state index contributed by atoms with van der Waals surface area (Å²) in [7, 11) is 0. The highest BCUT2D eigenvalue weighted by molar-refractivity contribution is 9.09. The highest BCUT2D eigenvalue weighted by atomic mass is 79.9. The zero-order chi connectivity index (χ0) is 13.3. The van der Waals surface area contributed by atoms with Crippen LogP contribution in [0.25, 0.3) is 0 Å². The van der Waals surface area contributed by atoms with Gasteiger partial charge in [0.25, 0.3) is 11.7 Å². The molecule has 1 aliphatic rings. The molecule has 0 aliphatic carbocycles. The Hall–Kier alpha value is -1.16. The smallest absolute Gasteiger partial charge is 0.299 e. The van der Waals surface area contributed by atoms with E-state index >= 15 is 0 Å². The van der Waals surface area contributed by atoms with Crippen molar-refractivity contribution < 1.29 is 9.59 Å². The normalized spacial score (nSPS) is 16.1. The van der Waals surface area contributed by atoms with Crippen molar-refractivity contribution in [1.29, 1.82) is 0 Å². The first-order chi connectivity index (χ1) is 8.58. The molecule has 1 unspecified atom stereocenters. The molecule has 4 heteroatoms. The van der Waals surface area contributed by atoms with Gasteiger partial charge in [0.15, 0.2) is 0 Å². The maximum atomic E-state index is 12.0. The first kappa shape index (κ1) is 13.3. The molecular weight excluding hydrogens is 294 g/mol. The van der Waals surface area contributed by atoms with Crippen molar-refractivity contribution in [3.8, 4) is 0 Å². The quantitative estimate of drug-likeness (QED) is 0.633. The number of Topliss-reactive ketones (excluding diaryl/α,β-unsaturated/α-hetero) is 1. The Labute approximate surface area is 115 Å². The summed E-state index contributed by atoms with van der Waals surface area (Å²) in [5.74, 6) is -0.452. The first-order valence-electron chi connectivity index (χ1n) is 6.13. The van der Waals surface area contributed by atoms with Crippen LogP contribution in [0, 0.1) is 5.92 Å². The molecule has 1 aromatic rings. The van der Waals surface area contributed by atoms with Crippen molar-refractivity contribution in [2.45, 2.75) is 20.3 Å². The molecule has 1 amide bonds. The van der Waals surface area contributed by atoms with Gasteiger partial charge < -0.3 is 4.90 Å². The van der Waals surface area contributed by atoms with Crippen molar-refractivity contribution in [2.24, 2.45) is 5.92 Å². The molecule has 18 heavy (non-hydrogen) atoms. The van der Waals surface area contributed by atoms with Gasteiger partial charge in [0.1, 0.15) is 0 Å². The largest absolute Gasteiger partial charge is 0.304 e. The van der Waals surface area contributed by atoms with Gasteiger partial charge in [-0.2, -0.15) is 0 Å². The predicted molar refractivity (Wildman–Crippen MR) is 75.5 cm³/mol. The minimum Gasteiger partial charge on any atom is -0.304 e. The number of anilines is 1. The van der Waals surface area contributed by atoms with Crippen LogP contribution in [-0.4, -0.2) is 23.6 Å². The average Bonchev–Trinajstić information content (AvgIpc) is 2.63. The van der Waals surface area contributed by atoms with Crippen LogP contribution in [0.2, 0.25) is 0 Å². The second-order valence-electron chi connectivity index (χ2n) is 4.71. The Morgan fingerprint density at radius 2 is 2.06 bits per heavy atom. The van der Waals surface area contributed by atoms with E-state index in [1.54, 1.807) is 4.90 Å². The average molecular weight is 310 g/mol. The number of rotatable bonds is 4. The molecule has 3 nitrogen and oxygen atoms in total. The van der Waals surface area contributed by atoms with E-state index in [2.05, 4.69) is 15.9 Å². The summed E-state index contributed by atoms with van der Waals surface area (Å²) < 4.78 is 0. The summed E-state index contributed by atoms with van der Waals surface area (Å²) in [5, 5.41) is 0.813. The van der Waals surface area contributed by atoms with Gasteiger partial charge in [-0.3, -0.25) is 9.59 Å². The Morgan fingerprint density at radius 1 is 1.33 bits per heavy atom. The lowest BCUT2D eigenvalue weighted by Gasteiger charge is -2.19. The van der Waals surface area contributed by atoms with E-state index in [1.165, 1.54) is 0 Å². The van der Waals surface area contributed by atoms with Crippen molar-refractivity contribution >= 4 is 33.3 Å². The molecule has 1 aromatic carbocycles. The minimum atomic E-state index is -0.397. The number of ketones is 1. The maximum Gasteiger partial charge on any atom is 0.299 e. The molecule has 1 heterocycles. The Morgan fingerprint density at radius 3 is 2.67 bits per heavy atom. The molecule has 0 saturated carbocycles. The number of amides is 1. The molecule has 0 spiro atoms. The van der Waals surface area contributed by atoms with Gasteiger partial charge in [-0.15, -0.1) is 0 Å². The molecule has 0 aromatic heterocycles. The molecule has 0 radical (unpaired) electrons. The summed E-state index contributed by atoms with van der Waals surface area (Å²) in [6.07, 6.45) is 0.868. The van der Waals surface area contributed by atoms with Crippen LogP contribution in [0.3, 0.4) is 0 Å². The third-order valence-corrected chi connectivity index (χ3v) is 4.31. The first-order valence-corrected chi connectivity index (χ1v) is 7.25. The van der Waals surface area contributed by atoms with Crippen LogP contribution in [0.1, 0.15) is 29.8 Å². The van der Waals surface area contributed by atoms with Gasteiger partial charge in [-0.25, -0.2) is 0 Å². The van der Waals surface area contributed by atoms with Crippen molar-refractivity contribution in [2.75, 3.05) is 16.8 Å². The van der Waals surface area contributed by atoms with E-state index in [0.29, 0.717) is 18.0 Å². The monoisotopic (exact) mass is 309 g/mol. The summed E-state index contributed by atoms with van der Waals surface area (Å²) in [6.45, 7) is 4.66. The van der Waals surface area contributed by atoms with Gasteiger partial charge in [0.2, 0.25) is 0 Å². The van der Waals surface area contributed by atoms with Crippen molar-refractivity contribution in [3.63, 3.8) is 0 Å². The van der Waals surface area contributed by atoms with Crippen LogP contribution in [-0.2, 0) is 11.2 Å². The number of fused-ring (bicyclic) bond motifs is 1. The minimum absolute atomic E-state index is 0.318. The topological polar surface area (TPSA) is 37.4 Å². The zero-order valence-electron chi connectivity index (χ0n) is 10.6. The SMILES string of the molecule is CCc1ccc2c(c1)C(=O)C(=O)N2CC(C)CBr. The molecular formula is C14H16BrNO2. The number of alkyl halides is 1. The van der Waals surface area contributed by atoms with Gasteiger partial charge in [-0.05, 0) is 30.0 Å². The Bertz CT molecular complexity index is 499. The summed E-state index contributed by atoms with van der Waals surface area (Å²) >= 11 is 3.40. The Balaban J connectivity index is 2.37. The summed E-state index contributed by atoms with van der Waals surface area (Å²) in [6, 6.07) is 5.71. The number of aryl methyl sites for hydroxylation is 1. The molecule has 0 bridgehead atoms. The Kier molecular flexibility index (Phi) is 3.85. The molecule has 1 aliphatic heterocycles. The number of halogens is 1. The third-order valence-electron chi connectivity index (χ3n) is 3.20. The number of nitrogens with zero attached hydrogens (tertiary/aromatic N) is 1. The van der Waals surface area contributed by atoms with Crippen LogP contribution < -0.4 is 4.90 Å². The van der Waals surface area contributed by atoms with E-state index in [1.807, 2.05) is 32.0 Å². The van der Waals surface area contributed by atoms with Gasteiger partial charge in [-0.1, -0.05) is 35.8 Å².